The molecule has 0 heterocycles. The summed E-state index contributed by atoms with van der Waals surface area (Å²) in [5.41, 5.74) is 1.09. The first-order valence-corrected chi connectivity index (χ1v) is 5.92. The summed E-state index contributed by atoms with van der Waals surface area (Å²) >= 11 is 17.8. The molecule has 1 aromatic rings. The van der Waals surface area contributed by atoms with Crippen molar-refractivity contribution in [2.45, 2.75) is 32.6 Å². The van der Waals surface area contributed by atoms with E-state index in [-0.39, 0.29) is 0 Å². The highest BCUT2D eigenvalue weighted by atomic mass is 35.5. The lowest BCUT2D eigenvalue weighted by Crippen LogP contribution is -1.88. The molecule has 1 aromatic carbocycles. The summed E-state index contributed by atoms with van der Waals surface area (Å²) in [6, 6.07) is 3.75. The van der Waals surface area contributed by atoms with E-state index in [2.05, 4.69) is 6.92 Å². The summed E-state index contributed by atoms with van der Waals surface area (Å²) < 4.78 is 0. The van der Waals surface area contributed by atoms with Gasteiger partial charge in [-0.1, -0.05) is 60.6 Å². The van der Waals surface area contributed by atoms with Crippen LogP contribution in [0.1, 0.15) is 31.7 Å². The third kappa shape index (κ3) is 3.05. The van der Waals surface area contributed by atoms with E-state index in [1.807, 2.05) is 6.07 Å². The van der Waals surface area contributed by atoms with E-state index >= 15 is 0 Å². The van der Waals surface area contributed by atoms with Crippen LogP contribution in [0.5, 0.6) is 0 Å². The van der Waals surface area contributed by atoms with Crippen molar-refractivity contribution in [1.82, 2.24) is 0 Å². The molecule has 0 unspecified atom stereocenters. The highest BCUT2D eigenvalue weighted by Crippen LogP contribution is 2.33. The second kappa shape index (κ2) is 5.85. The number of hydrogen-bond acceptors (Lipinski definition) is 0. The Hall–Kier alpha value is 0.0900. The fourth-order valence-corrected chi connectivity index (χ4v) is 1.97. The molecule has 0 N–H and O–H groups in total. The van der Waals surface area contributed by atoms with Gasteiger partial charge in [-0.2, -0.15) is 0 Å². The van der Waals surface area contributed by atoms with Crippen molar-refractivity contribution >= 4 is 34.8 Å². The van der Waals surface area contributed by atoms with Crippen LogP contribution in [0.4, 0.5) is 0 Å². The van der Waals surface area contributed by atoms with Crippen LogP contribution in [0.2, 0.25) is 15.1 Å². The highest BCUT2D eigenvalue weighted by Gasteiger charge is 2.07. The summed E-state index contributed by atoms with van der Waals surface area (Å²) in [6.07, 6.45) is 4.55. The van der Waals surface area contributed by atoms with Crippen LogP contribution in [-0.4, -0.2) is 0 Å². The molecule has 0 radical (unpaired) electrons. The topological polar surface area (TPSA) is 0 Å². The maximum Gasteiger partial charge on any atom is 0.0781 e. The standard InChI is InChI=1S/C11H13Cl3/c1-2-3-4-5-8-6-7-9(12)11(14)10(8)13/h6-7H,2-5H2,1H3. The molecule has 0 saturated carbocycles. The minimum absolute atomic E-state index is 0.474. The molecule has 0 nitrogen and oxygen atoms in total. The molecule has 0 aromatic heterocycles. The van der Waals surface area contributed by atoms with Gasteiger partial charge in [0.25, 0.3) is 0 Å². The largest absolute Gasteiger partial charge is 0.0827 e. The van der Waals surface area contributed by atoms with Crippen LogP contribution < -0.4 is 0 Å². The van der Waals surface area contributed by atoms with Crippen molar-refractivity contribution in [3.63, 3.8) is 0 Å². The quantitative estimate of drug-likeness (QED) is 0.498. The van der Waals surface area contributed by atoms with Crippen molar-refractivity contribution < 1.29 is 0 Å². The van der Waals surface area contributed by atoms with Gasteiger partial charge in [0.15, 0.2) is 0 Å². The van der Waals surface area contributed by atoms with E-state index in [4.69, 9.17) is 34.8 Å². The Labute approximate surface area is 100 Å². The van der Waals surface area contributed by atoms with Gasteiger partial charge < -0.3 is 0 Å². The second-order valence-electron chi connectivity index (χ2n) is 3.29. The van der Waals surface area contributed by atoms with Gasteiger partial charge in [0.05, 0.1) is 15.1 Å². The first kappa shape index (κ1) is 12.2. The number of rotatable bonds is 4. The molecule has 0 aliphatic carbocycles. The van der Waals surface area contributed by atoms with Crippen molar-refractivity contribution in [3.05, 3.63) is 32.8 Å². The Balaban J connectivity index is 2.73. The van der Waals surface area contributed by atoms with Crippen LogP contribution in [0.15, 0.2) is 12.1 Å². The number of halogens is 3. The molecule has 0 aliphatic heterocycles. The Morgan fingerprint density at radius 1 is 1.00 bits per heavy atom. The Morgan fingerprint density at radius 2 is 1.71 bits per heavy atom. The monoisotopic (exact) mass is 250 g/mol. The number of aryl methyl sites for hydroxylation is 1. The summed E-state index contributed by atoms with van der Waals surface area (Å²) in [5, 5.41) is 1.61. The Morgan fingerprint density at radius 3 is 2.36 bits per heavy atom. The van der Waals surface area contributed by atoms with Crippen LogP contribution >= 0.6 is 34.8 Å². The van der Waals surface area contributed by atoms with E-state index in [1.54, 1.807) is 6.07 Å². The molecule has 0 bridgehead atoms. The van der Waals surface area contributed by atoms with Gasteiger partial charge in [0.2, 0.25) is 0 Å². The normalized spacial score (nSPS) is 10.6. The molecule has 1 rings (SSSR count). The Bertz CT molecular complexity index is 308. The molecule has 0 amide bonds. The van der Waals surface area contributed by atoms with Crippen LogP contribution in [0, 0.1) is 0 Å². The minimum atomic E-state index is 0.474. The number of unbranched alkanes of at least 4 members (excludes halogenated alkanes) is 2. The number of hydrogen-bond donors (Lipinski definition) is 0. The summed E-state index contributed by atoms with van der Waals surface area (Å²) in [4.78, 5) is 0. The van der Waals surface area contributed by atoms with Gasteiger partial charge in [0.1, 0.15) is 0 Å². The summed E-state index contributed by atoms with van der Waals surface area (Å²) in [7, 11) is 0. The van der Waals surface area contributed by atoms with Crippen LogP contribution in [0.3, 0.4) is 0 Å². The van der Waals surface area contributed by atoms with Gasteiger partial charge in [-0.3, -0.25) is 0 Å². The smallest absolute Gasteiger partial charge is 0.0781 e. The molecule has 0 spiro atoms. The van der Waals surface area contributed by atoms with Crippen LogP contribution in [0.25, 0.3) is 0 Å². The fraction of sp³-hybridized carbons (Fsp3) is 0.455. The van der Waals surface area contributed by atoms with Gasteiger partial charge in [-0.15, -0.1) is 0 Å². The third-order valence-corrected chi connectivity index (χ3v) is 3.50. The molecule has 0 fully saturated rings. The highest BCUT2D eigenvalue weighted by molar-refractivity contribution is 6.48. The molecule has 3 heteroatoms. The molecule has 0 atom stereocenters. The SMILES string of the molecule is CCCCCc1ccc(Cl)c(Cl)c1Cl. The lowest BCUT2D eigenvalue weighted by atomic mass is 10.1. The van der Waals surface area contributed by atoms with Crippen molar-refractivity contribution in [1.29, 1.82) is 0 Å². The summed E-state index contributed by atoms with van der Waals surface area (Å²) in [6.45, 7) is 2.18. The predicted molar refractivity (Wildman–Crippen MR) is 64.7 cm³/mol. The van der Waals surface area contributed by atoms with E-state index < -0.39 is 0 Å². The zero-order valence-corrected chi connectivity index (χ0v) is 10.4. The van der Waals surface area contributed by atoms with Crippen molar-refractivity contribution in [2.24, 2.45) is 0 Å². The third-order valence-electron chi connectivity index (χ3n) is 2.16. The molecule has 14 heavy (non-hydrogen) atoms. The molecular formula is C11H13Cl3. The van der Waals surface area contributed by atoms with E-state index in [1.165, 1.54) is 12.8 Å². The van der Waals surface area contributed by atoms with Gasteiger partial charge in [0, 0.05) is 0 Å². The van der Waals surface area contributed by atoms with Crippen molar-refractivity contribution in [2.75, 3.05) is 0 Å². The molecule has 0 saturated heterocycles. The second-order valence-corrected chi connectivity index (χ2v) is 4.45. The first-order chi connectivity index (χ1) is 6.66. The number of benzene rings is 1. The predicted octanol–water partition coefficient (Wildman–Crippen LogP) is 5.38. The van der Waals surface area contributed by atoms with Gasteiger partial charge in [-0.05, 0) is 24.5 Å². The lowest BCUT2D eigenvalue weighted by Gasteiger charge is -2.06. The summed E-state index contributed by atoms with van der Waals surface area (Å²) in [5.74, 6) is 0. The van der Waals surface area contributed by atoms with E-state index in [0.717, 1.165) is 18.4 Å². The average molecular weight is 252 g/mol. The fourth-order valence-electron chi connectivity index (χ4n) is 1.32. The first-order valence-electron chi connectivity index (χ1n) is 4.79. The zero-order chi connectivity index (χ0) is 10.6. The van der Waals surface area contributed by atoms with E-state index in [0.29, 0.717) is 15.1 Å². The Kier molecular flexibility index (Phi) is 5.08. The van der Waals surface area contributed by atoms with Gasteiger partial charge >= 0.3 is 0 Å². The molecule has 78 valence electrons. The van der Waals surface area contributed by atoms with Crippen LogP contribution in [-0.2, 0) is 6.42 Å². The maximum atomic E-state index is 6.06. The lowest BCUT2D eigenvalue weighted by molar-refractivity contribution is 0.717. The van der Waals surface area contributed by atoms with Crippen molar-refractivity contribution in [3.8, 4) is 0 Å². The molecule has 0 aliphatic rings. The van der Waals surface area contributed by atoms with Gasteiger partial charge in [-0.25, -0.2) is 0 Å². The molecular weight excluding hydrogens is 238 g/mol. The minimum Gasteiger partial charge on any atom is -0.0827 e. The zero-order valence-electron chi connectivity index (χ0n) is 8.12. The maximum absolute atomic E-state index is 6.06. The average Bonchev–Trinajstić information content (AvgIpc) is 2.18. The van der Waals surface area contributed by atoms with E-state index in [9.17, 15) is 0 Å².